The standard InChI is InChI=1S/C61H37N5/c1-4-18-38(19-5-1)55-45-27-11-10-26-44(45)54-56(62-55)47-28-12-13-30-49(47)61(54)50-31-14-15-33-53(50)66-52-35-34-42(37-48(52)46-29-17-32-51(61)57(46)66)41-24-16-25-43(36-41)60-64-58(39-20-6-2-7-21-39)63-59(65-60)40-22-8-3-9-23-40/h1-37H. The molecule has 1 atom stereocenters. The second kappa shape index (κ2) is 14.1. The van der Waals surface area contributed by atoms with Crippen LogP contribution in [0.3, 0.4) is 0 Å². The minimum absolute atomic E-state index is 0.618. The van der Waals surface area contributed by atoms with Crippen molar-refractivity contribution >= 4 is 32.6 Å². The molecule has 0 bridgehead atoms. The molecule has 4 heterocycles. The van der Waals surface area contributed by atoms with Gasteiger partial charge in [0.05, 0.1) is 33.5 Å². The molecule has 0 radical (unpaired) electrons. The van der Waals surface area contributed by atoms with Crippen LogP contribution in [0.5, 0.6) is 0 Å². The minimum atomic E-state index is -0.618. The number of hydrogen-bond donors (Lipinski definition) is 0. The van der Waals surface area contributed by atoms with Gasteiger partial charge in [0.25, 0.3) is 0 Å². The van der Waals surface area contributed by atoms with E-state index >= 15 is 0 Å². The molecule has 3 aromatic heterocycles. The first kappa shape index (κ1) is 36.7. The van der Waals surface area contributed by atoms with Gasteiger partial charge in [-0.15, -0.1) is 0 Å². The summed E-state index contributed by atoms with van der Waals surface area (Å²) in [6, 6.07) is 80.3. The maximum Gasteiger partial charge on any atom is 0.164 e. The van der Waals surface area contributed by atoms with E-state index in [9.17, 15) is 0 Å². The lowest BCUT2D eigenvalue weighted by Gasteiger charge is -2.40. The van der Waals surface area contributed by atoms with Gasteiger partial charge in [-0.2, -0.15) is 0 Å². The lowest BCUT2D eigenvalue weighted by Crippen LogP contribution is -2.33. The molecular formula is C61H37N5. The quantitative estimate of drug-likeness (QED) is 0.173. The fraction of sp³-hybridized carbons (Fsp3) is 0.0164. The maximum atomic E-state index is 5.67. The van der Waals surface area contributed by atoms with Gasteiger partial charge >= 0.3 is 0 Å². The van der Waals surface area contributed by atoms with Gasteiger partial charge in [-0.25, -0.2) is 19.9 Å². The highest BCUT2D eigenvalue weighted by molar-refractivity contribution is 6.15. The summed E-state index contributed by atoms with van der Waals surface area (Å²) in [5, 5.41) is 4.80. The zero-order valence-corrected chi connectivity index (χ0v) is 35.6. The maximum absolute atomic E-state index is 5.67. The lowest BCUT2D eigenvalue weighted by molar-refractivity contribution is 0.753. The van der Waals surface area contributed by atoms with Crippen LogP contribution in [0.2, 0.25) is 0 Å². The molecule has 1 unspecified atom stereocenters. The molecule has 14 rings (SSSR count). The molecule has 0 saturated heterocycles. The van der Waals surface area contributed by atoms with Crippen molar-refractivity contribution in [3.8, 4) is 73.5 Å². The van der Waals surface area contributed by atoms with Crippen molar-refractivity contribution in [3.63, 3.8) is 0 Å². The predicted molar refractivity (Wildman–Crippen MR) is 268 cm³/mol. The van der Waals surface area contributed by atoms with Crippen LogP contribution in [0, 0.1) is 0 Å². The monoisotopic (exact) mass is 839 g/mol. The van der Waals surface area contributed by atoms with E-state index in [1.807, 2.05) is 60.7 Å². The third-order valence-corrected chi connectivity index (χ3v) is 13.8. The Bertz CT molecular complexity index is 3870. The summed E-state index contributed by atoms with van der Waals surface area (Å²) < 4.78 is 2.51. The lowest BCUT2D eigenvalue weighted by atomic mass is 9.64. The highest BCUT2D eigenvalue weighted by Crippen LogP contribution is 2.62. The third kappa shape index (κ3) is 5.16. The number of fused-ring (bicyclic) bond motifs is 14. The summed E-state index contributed by atoms with van der Waals surface area (Å²) >= 11 is 0. The Labute approximate surface area is 381 Å². The van der Waals surface area contributed by atoms with Gasteiger partial charge < -0.3 is 4.57 Å². The molecule has 5 nitrogen and oxygen atoms in total. The topological polar surface area (TPSA) is 56.5 Å². The van der Waals surface area contributed by atoms with Crippen LogP contribution in [-0.2, 0) is 5.41 Å². The molecule has 9 aromatic carbocycles. The molecule has 66 heavy (non-hydrogen) atoms. The summed E-state index contributed by atoms with van der Waals surface area (Å²) in [5.41, 5.74) is 17.4. The molecule has 0 saturated carbocycles. The summed E-state index contributed by atoms with van der Waals surface area (Å²) in [7, 11) is 0. The van der Waals surface area contributed by atoms with E-state index in [-0.39, 0.29) is 0 Å². The SMILES string of the molecule is c1ccc(-c2nc(-c3ccccc3)nc(-c3cccc(-c4ccc5c(c4)c4cccc6c4n5-c4ccccc4C64c5ccccc5-c5nc(-c6ccccc6)c6ccccc6c54)c3)n2)cc1. The van der Waals surface area contributed by atoms with E-state index in [1.54, 1.807) is 0 Å². The second-order valence-electron chi connectivity index (χ2n) is 17.3. The average molecular weight is 840 g/mol. The molecule has 0 N–H and O–H groups in total. The summed E-state index contributed by atoms with van der Waals surface area (Å²) in [5.74, 6) is 1.92. The van der Waals surface area contributed by atoms with Crippen LogP contribution in [-0.4, -0.2) is 24.5 Å². The van der Waals surface area contributed by atoms with Crippen LogP contribution in [0.25, 0.3) is 106 Å². The highest BCUT2D eigenvalue weighted by atomic mass is 15.0. The number of pyridine rings is 1. The third-order valence-electron chi connectivity index (χ3n) is 13.8. The first-order chi connectivity index (χ1) is 32.7. The van der Waals surface area contributed by atoms with Gasteiger partial charge in [0.1, 0.15) is 0 Å². The molecule has 1 aliphatic carbocycles. The molecule has 2 aliphatic rings. The first-order valence-corrected chi connectivity index (χ1v) is 22.5. The minimum Gasteiger partial charge on any atom is -0.309 e. The second-order valence-corrected chi connectivity index (χ2v) is 17.3. The fourth-order valence-corrected chi connectivity index (χ4v) is 11.1. The average Bonchev–Trinajstić information content (AvgIpc) is 3.89. The van der Waals surface area contributed by atoms with Crippen molar-refractivity contribution in [2.45, 2.75) is 5.41 Å². The number of rotatable bonds is 5. The number of nitrogens with zero attached hydrogens (tertiary/aromatic N) is 5. The van der Waals surface area contributed by atoms with Gasteiger partial charge in [-0.3, -0.25) is 0 Å². The zero-order chi connectivity index (χ0) is 43.3. The van der Waals surface area contributed by atoms with Gasteiger partial charge in [0.2, 0.25) is 0 Å². The molecule has 12 aromatic rings. The smallest absolute Gasteiger partial charge is 0.164 e. The van der Waals surface area contributed by atoms with Gasteiger partial charge in [-0.1, -0.05) is 200 Å². The van der Waals surface area contributed by atoms with Crippen LogP contribution in [0.1, 0.15) is 22.3 Å². The molecule has 1 spiro atoms. The summed E-state index contributed by atoms with van der Waals surface area (Å²) in [6.07, 6.45) is 0. The summed E-state index contributed by atoms with van der Waals surface area (Å²) in [4.78, 5) is 20.7. The molecule has 0 amide bonds. The van der Waals surface area contributed by atoms with Crippen molar-refractivity contribution in [2.75, 3.05) is 0 Å². The molecule has 306 valence electrons. The van der Waals surface area contributed by atoms with Gasteiger partial charge in [0, 0.05) is 49.5 Å². The molecule has 5 heteroatoms. The number of hydrogen-bond acceptors (Lipinski definition) is 4. The zero-order valence-electron chi connectivity index (χ0n) is 35.6. The number of benzene rings is 9. The Morgan fingerprint density at radius 2 is 0.848 bits per heavy atom. The van der Waals surface area contributed by atoms with E-state index in [2.05, 4.69) is 168 Å². The normalized spacial score (nSPS) is 14.4. The van der Waals surface area contributed by atoms with Crippen LogP contribution in [0.15, 0.2) is 224 Å². The van der Waals surface area contributed by atoms with Crippen molar-refractivity contribution in [1.29, 1.82) is 0 Å². The van der Waals surface area contributed by atoms with E-state index in [1.165, 1.54) is 60.7 Å². The largest absolute Gasteiger partial charge is 0.309 e. The van der Waals surface area contributed by atoms with Crippen LogP contribution in [0.4, 0.5) is 0 Å². The highest BCUT2D eigenvalue weighted by Gasteiger charge is 2.52. The molecular weight excluding hydrogens is 803 g/mol. The van der Waals surface area contributed by atoms with Crippen LogP contribution >= 0.6 is 0 Å². The van der Waals surface area contributed by atoms with E-state index < -0.39 is 5.41 Å². The Kier molecular flexibility index (Phi) is 7.83. The van der Waals surface area contributed by atoms with Gasteiger partial charge in [0.15, 0.2) is 17.5 Å². The van der Waals surface area contributed by atoms with Crippen molar-refractivity contribution in [1.82, 2.24) is 24.5 Å². The van der Waals surface area contributed by atoms with E-state index in [0.29, 0.717) is 17.5 Å². The van der Waals surface area contributed by atoms with E-state index in [0.717, 1.165) is 50.2 Å². The van der Waals surface area contributed by atoms with Crippen LogP contribution < -0.4 is 0 Å². The van der Waals surface area contributed by atoms with Gasteiger partial charge in [-0.05, 0) is 57.5 Å². The Hall–Kier alpha value is -8.80. The van der Waals surface area contributed by atoms with Crippen molar-refractivity contribution in [2.24, 2.45) is 0 Å². The Balaban J connectivity index is 0.988. The predicted octanol–water partition coefficient (Wildman–Crippen LogP) is 14.5. The Morgan fingerprint density at radius 1 is 0.318 bits per heavy atom. The first-order valence-electron chi connectivity index (χ1n) is 22.5. The molecule has 1 aliphatic heterocycles. The fourth-order valence-electron chi connectivity index (χ4n) is 11.1. The van der Waals surface area contributed by atoms with Crippen molar-refractivity contribution in [3.05, 3.63) is 247 Å². The number of aromatic nitrogens is 5. The van der Waals surface area contributed by atoms with Crippen molar-refractivity contribution < 1.29 is 0 Å². The van der Waals surface area contributed by atoms with E-state index in [4.69, 9.17) is 19.9 Å². The number of para-hydroxylation sites is 2. The molecule has 0 fully saturated rings. The summed E-state index contributed by atoms with van der Waals surface area (Å²) in [6.45, 7) is 0. The Morgan fingerprint density at radius 3 is 1.59 bits per heavy atom.